The van der Waals surface area contributed by atoms with E-state index in [0.717, 1.165) is 0 Å². The highest BCUT2D eigenvalue weighted by molar-refractivity contribution is 6.00. The standard InChI is InChI=1S/C29H40O7/c1-9-15(4)26(33)35-24-17(6)28(34)20-10-16(5)22(31)19(20)11-18(13-30)12-21(28)23-27(7,8)29(23,24)36-25(32)14(2)3/h9-10,12,14,17,19-21,23-24,30,34H,11,13H2,1-8H3/t17-,19-,20-,21+,23-,24-,28+,29-/m1/s1. The van der Waals surface area contributed by atoms with Gasteiger partial charge in [-0.2, -0.15) is 0 Å². The third kappa shape index (κ3) is 3.42. The number of hydrogen-bond acceptors (Lipinski definition) is 7. The van der Waals surface area contributed by atoms with Crippen molar-refractivity contribution in [2.75, 3.05) is 6.61 Å². The fraction of sp³-hybridized carbons (Fsp3) is 0.690. The number of aliphatic hydroxyl groups excluding tert-OH is 1. The van der Waals surface area contributed by atoms with Gasteiger partial charge in [-0.1, -0.05) is 52.8 Å². The molecule has 0 aromatic heterocycles. The van der Waals surface area contributed by atoms with Crippen LogP contribution in [0.3, 0.4) is 0 Å². The van der Waals surface area contributed by atoms with Crippen LogP contribution in [-0.4, -0.2) is 51.8 Å². The molecule has 4 aliphatic rings. The van der Waals surface area contributed by atoms with Gasteiger partial charge in [-0.05, 0) is 38.3 Å². The lowest BCUT2D eigenvalue weighted by molar-refractivity contribution is -0.220. The van der Waals surface area contributed by atoms with Crippen LogP contribution in [0.1, 0.15) is 61.8 Å². The Hall–Kier alpha value is -2.25. The molecule has 0 heterocycles. The van der Waals surface area contributed by atoms with Crippen molar-refractivity contribution in [3.05, 3.63) is 34.9 Å². The molecule has 2 N–H and O–H groups in total. The van der Waals surface area contributed by atoms with Crippen LogP contribution in [0.25, 0.3) is 0 Å². The molecule has 2 saturated carbocycles. The largest absolute Gasteiger partial charge is 0.454 e. The summed E-state index contributed by atoms with van der Waals surface area (Å²) in [7, 11) is 0. The molecule has 36 heavy (non-hydrogen) atoms. The van der Waals surface area contributed by atoms with Crippen molar-refractivity contribution in [2.24, 2.45) is 40.9 Å². The minimum atomic E-state index is -1.45. The smallest absolute Gasteiger partial charge is 0.333 e. The molecule has 8 atom stereocenters. The zero-order valence-electron chi connectivity index (χ0n) is 22.6. The lowest BCUT2D eigenvalue weighted by Crippen LogP contribution is -2.63. The number of hydrogen-bond donors (Lipinski definition) is 2. The first-order chi connectivity index (χ1) is 16.7. The number of aliphatic hydroxyl groups is 2. The zero-order chi connectivity index (χ0) is 27.0. The Labute approximate surface area is 213 Å². The molecule has 0 saturated heterocycles. The molecule has 4 aliphatic carbocycles. The fourth-order valence-corrected chi connectivity index (χ4v) is 7.37. The second-order valence-corrected chi connectivity index (χ2v) is 12.1. The van der Waals surface area contributed by atoms with Gasteiger partial charge in [0.1, 0.15) is 6.10 Å². The number of carbonyl (C=O) groups is 3. The van der Waals surface area contributed by atoms with Crippen LogP contribution in [0.5, 0.6) is 0 Å². The van der Waals surface area contributed by atoms with E-state index < -0.39 is 58.3 Å². The summed E-state index contributed by atoms with van der Waals surface area (Å²) in [6, 6.07) is 0. The van der Waals surface area contributed by atoms with E-state index in [4.69, 9.17) is 9.47 Å². The highest BCUT2D eigenvalue weighted by Gasteiger charge is 2.87. The quantitative estimate of drug-likeness (QED) is 0.338. The van der Waals surface area contributed by atoms with Crippen molar-refractivity contribution in [3.8, 4) is 0 Å². The van der Waals surface area contributed by atoms with E-state index >= 15 is 0 Å². The lowest BCUT2D eigenvalue weighted by atomic mass is 9.59. The highest BCUT2D eigenvalue weighted by Crippen LogP contribution is 2.77. The molecule has 0 bridgehead atoms. The molecular weight excluding hydrogens is 460 g/mol. The molecule has 198 valence electrons. The molecule has 0 aromatic carbocycles. The molecular formula is C29H40O7. The van der Waals surface area contributed by atoms with E-state index in [1.807, 2.05) is 32.9 Å². The molecule has 0 radical (unpaired) electrons. The van der Waals surface area contributed by atoms with Crippen molar-refractivity contribution < 1.29 is 34.1 Å². The van der Waals surface area contributed by atoms with Gasteiger partial charge >= 0.3 is 11.9 Å². The second kappa shape index (κ2) is 8.66. The Bertz CT molecular complexity index is 1080. The van der Waals surface area contributed by atoms with Crippen LogP contribution in [0.15, 0.2) is 34.9 Å². The van der Waals surface area contributed by atoms with Crippen LogP contribution in [-0.2, 0) is 23.9 Å². The summed E-state index contributed by atoms with van der Waals surface area (Å²) in [5.74, 6) is -3.88. The van der Waals surface area contributed by atoms with Gasteiger partial charge in [0.25, 0.3) is 0 Å². The SMILES string of the molecule is CC=C(C)C(=O)O[C@@H]1[C@@H](C)[C@]2(O)[C@@H]3C=C(C)C(=O)[C@@H]3CC(CO)=C[C@H]2[C@@H]2C(C)(C)[C@]12OC(=O)C(C)C. The lowest BCUT2D eigenvalue weighted by Gasteiger charge is -2.52. The molecule has 0 aromatic rings. The van der Waals surface area contributed by atoms with E-state index in [1.165, 1.54) is 0 Å². The monoisotopic (exact) mass is 500 g/mol. The van der Waals surface area contributed by atoms with E-state index in [2.05, 4.69) is 0 Å². The molecule has 4 rings (SSSR count). The van der Waals surface area contributed by atoms with Crippen molar-refractivity contribution in [3.63, 3.8) is 0 Å². The summed E-state index contributed by atoms with van der Waals surface area (Å²) in [6.07, 6.45) is 4.85. The van der Waals surface area contributed by atoms with Crippen LogP contribution in [0.2, 0.25) is 0 Å². The molecule has 7 heteroatoms. The predicted molar refractivity (Wildman–Crippen MR) is 133 cm³/mol. The molecule has 0 amide bonds. The second-order valence-electron chi connectivity index (χ2n) is 12.1. The van der Waals surface area contributed by atoms with Gasteiger partial charge in [0, 0.05) is 40.6 Å². The molecule has 0 unspecified atom stereocenters. The number of fused-ring (bicyclic) bond motifs is 5. The number of allylic oxidation sites excluding steroid dienone is 2. The minimum Gasteiger partial charge on any atom is -0.454 e. The van der Waals surface area contributed by atoms with Gasteiger partial charge in [0.2, 0.25) is 0 Å². The summed E-state index contributed by atoms with van der Waals surface area (Å²) < 4.78 is 12.4. The normalized spacial score (nSPS) is 40.9. The number of Topliss-reactive ketones (excluding diaryl/α,β-unsaturated/α-hetero) is 1. The first kappa shape index (κ1) is 26.8. The van der Waals surface area contributed by atoms with Gasteiger partial charge in [0.05, 0.1) is 18.1 Å². The van der Waals surface area contributed by atoms with E-state index in [0.29, 0.717) is 23.1 Å². The Morgan fingerprint density at radius 1 is 1.22 bits per heavy atom. The third-order valence-corrected chi connectivity index (χ3v) is 9.62. The Kier molecular flexibility index (Phi) is 6.45. The van der Waals surface area contributed by atoms with Crippen molar-refractivity contribution in [1.82, 2.24) is 0 Å². The maximum Gasteiger partial charge on any atom is 0.333 e. The van der Waals surface area contributed by atoms with Crippen molar-refractivity contribution >= 4 is 17.7 Å². The van der Waals surface area contributed by atoms with Gasteiger partial charge in [0.15, 0.2) is 11.4 Å². The zero-order valence-corrected chi connectivity index (χ0v) is 22.6. The van der Waals surface area contributed by atoms with Gasteiger partial charge in [-0.15, -0.1) is 0 Å². The van der Waals surface area contributed by atoms with E-state index in [1.54, 1.807) is 40.7 Å². The topological polar surface area (TPSA) is 110 Å². The van der Waals surface area contributed by atoms with Crippen LogP contribution < -0.4 is 0 Å². The predicted octanol–water partition coefficient (Wildman–Crippen LogP) is 3.54. The van der Waals surface area contributed by atoms with Gasteiger partial charge in [-0.25, -0.2) is 4.79 Å². The Morgan fingerprint density at radius 3 is 2.42 bits per heavy atom. The Morgan fingerprint density at radius 2 is 1.86 bits per heavy atom. The number of ketones is 1. The maximum absolute atomic E-state index is 13.1. The first-order valence-corrected chi connectivity index (χ1v) is 13.0. The van der Waals surface area contributed by atoms with Crippen molar-refractivity contribution in [1.29, 1.82) is 0 Å². The number of esters is 2. The molecule has 7 nitrogen and oxygen atoms in total. The first-order valence-electron chi connectivity index (χ1n) is 13.0. The number of ether oxygens (including phenoxy) is 2. The maximum atomic E-state index is 13.1. The van der Waals surface area contributed by atoms with E-state index in [9.17, 15) is 24.6 Å². The molecule has 0 aliphatic heterocycles. The van der Waals surface area contributed by atoms with Gasteiger partial charge < -0.3 is 19.7 Å². The van der Waals surface area contributed by atoms with Crippen LogP contribution >= 0.6 is 0 Å². The third-order valence-electron chi connectivity index (χ3n) is 9.62. The van der Waals surface area contributed by atoms with Gasteiger partial charge in [-0.3, -0.25) is 9.59 Å². The summed E-state index contributed by atoms with van der Waals surface area (Å²) in [5, 5.41) is 22.8. The average Bonchev–Trinajstić information content (AvgIpc) is 3.22. The van der Waals surface area contributed by atoms with Crippen molar-refractivity contribution in [2.45, 2.75) is 79.1 Å². The Balaban J connectivity index is 1.93. The van der Waals surface area contributed by atoms with Crippen LogP contribution in [0, 0.1) is 40.9 Å². The highest BCUT2D eigenvalue weighted by atomic mass is 16.6. The number of rotatable bonds is 5. The van der Waals surface area contributed by atoms with Crippen LogP contribution in [0.4, 0.5) is 0 Å². The van der Waals surface area contributed by atoms with E-state index in [-0.39, 0.29) is 24.2 Å². The molecule has 2 fully saturated rings. The summed E-state index contributed by atoms with van der Waals surface area (Å²) in [5.41, 5.74) is -1.51. The number of carbonyl (C=O) groups excluding carboxylic acids is 3. The average molecular weight is 501 g/mol. The minimum absolute atomic E-state index is 0.0305. The summed E-state index contributed by atoms with van der Waals surface area (Å²) >= 11 is 0. The fourth-order valence-electron chi connectivity index (χ4n) is 7.37. The molecule has 0 spiro atoms. The summed E-state index contributed by atoms with van der Waals surface area (Å²) in [6.45, 7) is 14.2. The summed E-state index contributed by atoms with van der Waals surface area (Å²) in [4.78, 5) is 39.2.